The lowest BCUT2D eigenvalue weighted by atomic mass is 10.2. The first-order chi connectivity index (χ1) is 8.81. The highest BCUT2D eigenvalue weighted by molar-refractivity contribution is 5.60. The Hall–Kier alpha value is -2.63. The fraction of sp³-hybridized carbons (Fsp3) is 0.0833. The summed E-state index contributed by atoms with van der Waals surface area (Å²) in [6.45, 7) is 0.572. The minimum Gasteiger partial charge on any atom is -0.399 e. The number of aromatic amines is 1. The number of hydrogen-bond donors (Lipinski definition) is 2. The van der Waals surface area contributed by atoms with Gasteiger partial charge in [0.05, 0.1) is 0 Å². The van der Waals surface area contributed by atoms with Gasteiger partial charge in [-0.25, -0.2) is 4.98 Å². The molecular weight excluding hydrogens is 228 g/mol. The molecule has 3 N–H and O–H groups in total. The van der Waals surface area contributed by atoms with E-state index in [1.54, 1.807) is 10.9 Å². The molecule has 0 unspecified atom stereocenters. The van der Waals surface area contributed by atoms with Crippen LogP contribution >= 0.6 is 0 Å². The first kappa shape index (κ1) is 10.5. The third-order valence-electron chi connectivity index (χ3n) is 2.55. The van der Waals surface area contributed by atoms with Crippen molar-refractivity contribution in [2.75, 3.05) is 5.73 Å². The van der Waals surface area contributed by atoms with E-state index in [1.807, 2.05) is 36.5 Å². The van der Waals surface area contributed by atoms with E-state index >= 15 is 0 Å². The highest BCUT2D eigenvalue weighted by atomic mass is 15.3. The van der Waals surface area contributed by atoms with Gasteiger partial charge in [-0.05, 0) is 18.2 Å². The molecule has 3 aromatic rings. The van der Waals surface area contributed by atoms with E-state index in [-0.39, 0.29) is 0 Å². The van der Waals surface area contributed by atoms with Gasteiger partial charge < -0.3 is 5.73 Å². The molecule has 0 amide bonds. The van der Waals surface area contributed by atoms with Gasteiger partial charge in [0.25, 0.3) is 0 Å². The van der Waals surface area contributed by atoms with Crippen LogP contribution in [0.5, 0.6) is 0 Å². The molecule has 0 aliphatic rings. The number of rotatable bonds is 3. The van der Waals surface area contributed by atoms with Gasteiger partial charge in [-0.15, -0.1) is 0 Å². The Morgan fingerprint density at radius 2 is 2.22 bits per heavy atom. The third-order valence-corrected chi connectivity index (χ3v) is 2.55. The van der Waals surface area contributed by atoms with Crippen LogP contribution < -0.4 is 5.73 Å². The van der Waals surface area contributed by atoms with Crippen LogP contribution in [0.15, 0.2) is 42.7 Å². The van der Waals surface area contributed by atoms with Crippen LogP contribution in [0.2, 0.25) is 0 Å². The van der Waals surface area contributed by atoms with Crippen molar-refractivity contribution in [1.29, 1.82) is 0 Å². The Balaban J connectivity index is 1.85. The number of benzene rings is 1. The molecule has 1 aromatic carbocycles. The molecule has 0 saturated heterocycles. The van der Waals surface area contributed by atoms with Gasteiger partial charge >= 0.3 is 0 Å². The van der Waals surface area contributed by atoms with E-state index in [9.17, 15) is 0 Å². The Bertz CT molecular complexity index is 640. The van der Waals surface area contributed by atoms with Crippen LogP contribution in [0, 0.1) is 0 Å². The van der Waals surface area contributed by atoms with Crippen molar-refractivity contribution in [3.63, 3.8) is 0 Å². The number of H-pyrrole nitrogens is 1. The van der Waals surface area contributed by atoms with Crippen molar-refractivity contribution >= 4 is 5.69 Å². The quantitative estimate of drug-likeness (QED) is 0.676. The highest BCUT2D eigenvalue weighted by Crippen LogP contribution is 2.17. The van der Waals surface area contributed by atoms with Gasteiger partial charge in [0.1, 0.15) is 12.4 Å². The van der Waals surface area contributed by atoms with Crippen LogP contribution in [0.25, 0.3) is 11.4 Å². The van der Waals surface area contributed by atoms with Crippen molar-refractivity contribution in [2.45, 2.75) is 6.54 Å². The molecule has 6 nitrogen and oxygen atoms in total. The number of nitrogens with zero attached hydrogens (tertiary/aromatic N) is 4. The van der Waals surface area contributed by atoms with Crippen LogP contribution in [-0.2, 0) is 6.54 Å². The minimum atomic E-state index is 0.572. The van der Waals surface area contributed by atoms with Gasteiger partial charge in [-0.3, -0.25) is 9.78 Å². The first-order valence-corrected chi connectivity index (χ1v) is 5.56. The molecule has 0 spiro atoms. The van der Waals surface area contributed by atoms with E-state index in [0.717, 1.165) is 11.4 Å². The second kappa shape index (κ2) is 4.33. The first-order valence-electron chi connectivity index (χ1n) is 5.56. The summed E-state index contributed by atoms with van der Waals surface area (Å²) >= 11 is 0. The average Bonchev–Trinajstić information content (AvgIpc) is 3.01. The topological polar surface area (TPSA) is 85.4 Å². The molecule has 3 rings (SSSR count). The molecule has 2 heterocycles. The van der Waals surface area contributed by atoms with Gasteiger partial charge in [0, 0.05) is 23.6 Å². The molecule has 0 aliphatic heterocycles. The zero-order chi connectivity index (χ0) is 12.4. The Kier molecular flexibility index (Phi) is 2.53. The van der Waals surface area contributed by atoms with Crippen molar-refractivity contribution in [2.24, 2.45) is 0 Å². The predicted molar refractivity (Wildman–Crippen MR) is 67.6 cm³/mol. The summed E-state index contributed by atoms with van der Waals surface area (Å²) in [5.74, 6) is 1.40. The molecular formula is C12H12N6. The number of aromatic nitrogens is 5. The molecule has 2 aromatic heterocycles. The molecule has 0 fully saturated rings. The second-order valence-corrected chi connectivity index (χ2v) is 3.93. The van der Waals surface area contributed by atoms with Crippen LogP contribution in [0.4, 0.5) is 5.69 Å². The molecule has 0 aliphatic carbocycles. The summed E-state index contributed by atoms with van der Waals surface area (Å²) < 4.78 is 1.78. The average molecular weight is 240 g/mol. The Morgan fingerprint density at radius 1 is 1.28 bits per heavy atom. The standard InChI is InChI=1S/C12H12N6/c13-10-4-1-3-9(7-10)12-15-11(16-17-12)8-18-6-2-5-14-18/h1-7H,8,13H2,(H,15,16,17). The van der Waals surface area contributed by atoms with Crippen molar-refractivity contribution < 1.29 is 0 Å². The van der Waals surface area contributed by atoms with E-state index in [1.165, 1.54) is 0 Å². The third kappa shape index (κ3) is 2.08. The molecule has 0 bridgehead atoms. The van der Waals surface area contributed by atoms with Crippen LogP contribution in [-0.4, -0.2) is 25.0 Å². The number of nitrogen functional groups attached to an aromatic ring is 1. The molecule has 0 saturated carbocycles. The molecule has 18 heavy (non-hydrogen) atoms. The maximum atomic E-state index is 5.73. The smallest absolute Gasteiger partial charge is 0.181 e. The monoisotopic (exact) mass is 240 g/mol. The zero-order valence-electron chi connectivity index (χ0n) is 9.61. The zero-order valence-corrected chi connectivity index (χ0v) is 9.61. The van der Waals surface area contributed by atoms with E-state index in [4.69, 9.17) is 5.73 Å². The molecule has 0 atom stereocenters. The lowest BCUT2D eigenvalue weighted by Gasteiger charge is -1.97. The van der Waals surface area contributed by atoms with Gasteiger partial charge in [-0.1, -0.05) is 12.1 Å². The summed E-state index contributed by atoms with van der Waals surface area (Å²) in [7, 11) is 0. The number of nitrogens with one attached hydrogen (secondary N) is 1. The lowest BCUT2D eigenvalue weighted by Crippen LogP contribution is -2.01. The Labute approximate surface area is 103 Å². The Morgan fingerprint density at radius 3 is 3.00 bits per heavy atom. The SMILES string of the molecule is Nc1cccc(-c2n[nH]c(Cn3cccn3)n2)c1. The van der Waals surface area contributed by atoms with Crippen molar-refractivity contribution in [3.05, 3.63) is 48.5 Å². The summed E-state index contributed by atoms with van der Waals surface area (Å²) in [4.78, 5) is 4.41. The minimum absolute atomic E-state index is 0.572. The van der Waals surface area contributed by atoms with E-state index < -0.39 is 0 Å². The second-order valence-electron chi connectivity index (χ2n) is 3.93. The number of anilines is 1. The van der Waals surface area contributed by atoms with E-state index in [2.05, 4.69) is 20.3 Å². The fourth-order valence-corrected chi connectivity index (χ4v) is 1.72. The van der Waals surface area contributed by atoms with Crippen molar-refractivity contribution in [1.82, 2.24) is 25.0 Å². The fourth-order valence-electron chi connectivity index (χ4n) is 1.72. The normalized spacial score (nSPS) is 10.7. The summed E-state index contributed by atoms with van der Waals surface area (Å²) in [5.41, 5.74) is 7.33. The molecule has 0 radical (unpaired) electrons. The van der Waals surface area contributed by atoms with Crippen molar-refractivity contribution in [3.8, 4) is 11.4 Å². The van der Waals surface area contributed by atoms with Crippen LogP contribution in [0.3, 0.4) is 0 Å². The molecule has 6 heteroatoms. The lowest BCUT2D eigenvalue weighted by molar-refractivity contribution is 0.657. The largest absolute Gasteiger partial charge is 0.399 e. The highest BCUT2D eigenvalue weighted by Gasteiger charge is 2.06. The maximum Gasteiger partial charge on any atom is 0.181 e. The number of nitrogens with two attached hydrogens (primary N) is 1. The molecule has 90 valence electrons. The van der Waals surface area contributed by atoms with Gasteiger partial charge in [0.15, 0.2) is 5.82 Å². The predicted octanol–water partition coefficient (Wildman–Crippen LogP) is 1.30. The summed E-state index contributed by atoms with van der Waals surface area (Å²) in [5, 5.41) is 11.2. The van der Waals surface area contributed by atoms with E-state index in [0.29, 0.717) is 18.1 Å². The summed E-state index contributed by atoms with van der Waals surface area (Å²) in [6.07, 6.45) is 3.61. The summed E-state index contributed by atoms with van der Waals surface area (Å²) in [6, 6.07) is 9.36. The number of hydrogen-bond acceptors (Lipinski definition) is 4. The van der Waals surface area contributed by atoms with Gasteiger partial charge in [-0.2, -0.15) is 10.2 Å². The van der Waals surface area contributed by atoms with Crippen LogP contribution in [0.1, 0.15) is 5.82 Å². The van der Waals surface area contributed by atoms with Gasteiger partial charge in [0.2, 0.25) is 0 Å². The maximum absolute atomic E-state index is 5.73.